The molecule has 0 saturated carbocycles. The maximum atomic E-state index is 5.76. The van der Waals surface area contributed by atoms with Crippen LogP contribution >= 0.6 is 0 Å². The van der Waals surface area contributed by atoms with Gasteiger partial charge in [0.15, 0.2) is 0 Å². The van der Waals surface area contributed by atoms with Crippen LogP contribution in [0.2, 0.25) is 0 Å². The van der Waals surface area contributed by atoms with Crippen molar-refractivity contribution in [1.29, 1.82) is 0 Å². The highest BCUT2D eigenvalue weighted by molar-refractivity contribution is 5.33. The Balaban J connectivity index is 0.000000450. The van der Waals surface area contributed by atoms with Crippen molar-refractivity contribution in [3.05, 3.63) is 59.9 Å². The number of allylic oxidation sites excluding steroid dienone is 2. The zero-order valence-electron chi connectivity index (χ0n) is 18.9. The van der Waals surface area contributed by atoms with Crippen LogP contribution in [0, 0.1) is 0 Å². The van der Waals surface area contributed by atoms with Crippen LogP contribution in [-0.4, -0.2) is 31.6 Å². The van der Waals surface area contributed by atoms with Crippen molar-refractivity contribution in [2.45, 2.75) is 78.7 Å². The van der Waals surface area contributed by atoms with E-state index in [2.05, 4.69) is 77.5 Å². The molecule has 2 unspecified atom stereocenters. The first-order chi connectivity index (χ1) is 12.9. The molecule has 0 fully saturated rings. The van der Waals surface area contributed by atoms with Gasteiger partial charge in [-0.1, -0.05) is 65.0 Å². The normalized spacial score (nSPS) is 16.4. The van der Waals surface area contributed by atoms with Gasteiger partial charge in [-0.2, -0.15) is 0 Å². The minimum absolute atomic E-state index is 0.307. The predicted molar refractivity (Wildman–Crippen MR) is 121 cm³/mol. The van der Waals surface area contributed by atoms with Gasteiger partial charge in [-0.15, -0.1) is 0 Å². The summed E-state index contributed by atoms with van der Waals surface area (Å²) in [5, 5.41) is 0. The number of ether oxygens (including phenoxy) is 1. The van der Waals surface area contributed by atoms with Gasteiger partial charge >= 0.3 is 0 Å². The summed E-state index contributed by atoms with van der Waals surface area (Å²) < 4.78 is 5.76. The van der Waals surface area contributed by atoms with Crippen molar-refractivity contribution in [3.8, 4) is 0 Å². The molecule has 1 aliphatic rings. The zero-order valence-corrected chi connectivity index (χ0v) is 18.9. The molecular weight excluding hydrogens is 330 g/mol. The lowest BCUT2D eigenvalue weighted by Crippen LogP contribution is -2.20. The summed E-state index contributed by atoms with van der Waals surface area (Å²) in [6.07, 6.45) is 10.0. The van der Waals surface area contributed by atoms with Gasteiger partial charge in [0, 0.05) is 6.54 Å². The number of nitrogens with zero attached hydrogens (tertiary/aromatic N) is 1. The van der Waals surface area contributed by atoms with Crippen molar-refractivity contribution in [3.63, 3.8) is 0 Å². The monoisotopic (exact) mass is 373 g/mol. The van der Waals surface area contributed by atoms with E-state index in [-0.39, 0.29) is 0 Å². The topological polar surface area (TPSA) is 12.5 Å². The summed E-state index contributed by atoms with van der Waals surface area (Å²) in [6.45, 7) is 15.5. The first-order valence-corrected chi connectivity index (χ1v) is 10.6. The van der Waals surface area contributed by atoms with Crippen LogP contribution in [0.4, 0.5) is 0 Å². The van der Waals surface area contributed by atoms with Crippen LogP contribution in [0.5, 0.6) is 0 Å². The van der Waals surface area contributed by atoms with Crippen molar-refractivity contribution in [1.82, 2.24) is 4.90 Å². The Hall–Kier alpha value is -1.54. The highest BCUT2D eigenvalue weighted by atomic mass is 16.5. The number of hydrogen-bond acceptors (Lipinski definition) is 2. The highest BCUT2D eigenvalue weighted by Crippen LogP contribution is 2.31. The molecule has 1 aromatic carbocycles. The highest BCUT2D eigenvalue weighted by Gasteiger charge is 2.16. The lowest BCUT2D eigenvalue weighted by Gasteiger charge is -2.20. The number of rotatable bonds is 7. The summed E-state index contributed by atoms with van der Waals surface area (Å²) in [5.41, 5.74) is 3.14. The average Bonchev–Trinajstić information content (AvgIpc) is 3.04. The second-order valence-corrected chi connectivity index (χ2v) is 7.48. The van der Waals surface area contributed by atoms with Gasteiger partial charge in [0.25, 0.3) is 0 Å². The Morgan fingerprint density at radius 2 is 1.89 bits per heavy atom. The molecule has 2 heteroatoms. The van der Waals surface area contributed by atoms with Gasteiger partial charge in [-0.3, -0.25) is 0 Å². The maximum absolute atomic E-state index is 5.76. The van der Waals surface area contributed by atoms with Gasteiger partial charge in [0.05, 0.1) is 6.10 Å². The molecule has 1 aromatic rings. The quantitative estimate of drug-likeness (QED) is 0.378. The van der Waals surface area contributed by atoms with E-state index in [4.69, 9.17) is 4.74 Å². The summed E-state index contributed by atoms with van der Waals surface area (Å²) in [5.74, 6) is 1.69. The molecule has 154 valence electrons. The second kappa shape index (κ2) is 15.5. The van der Waals surface area contributed by atoms with Crippen LogP contribution in [0.1, 0.15) is 77.3 Å². The molecule has 2 nitrogen and oxygen atoms in total. The molecule has 0 saturated heterocycles. The van der Waals surface area contributed by atoms with Crippen molar-refractivity contribution < 1.29 is 4.74 Å². The van der Waals surface area contributed by atoms with E-state index in [0.717, 1.165) is 31.1 Å². The lowest BCUT2D eigenvalue weighted by atomic mass is 10.0. The predicted octanol–water partition coefficient (Wildman–Crippen LogP) is 6.98. The fraction of sp³-hybridized carbons (Fsp3) is 0.600. The SMILES string of the molecule is C=C/C(=C\C)OC(CC)CCN(C)C.CC1CCc2ccccc21.CCC. The second-order valence-electron chi connectivity index (χ2n) is 7.48. The fourth-order valence-electron chi connectivity index (χ4n) is 2.95. The molecule has 0 radical (unpaired) electrons. The number of hydrogen-bond donors (Lipinski definition) is 0. The molecule has 0 heterocycles. The molecule has 0 amide bonds. The minimum Gasteiger partial charge on any atom is -0.491 e. The summed E-state index contributed by atoms with van der Waals surface area (Å²) in [7, 11) is 4.16. The van der Waals surface area contributed by atoms with Gasteiger partial charge in [-0.05, 0) is 75.9 Å². The van der Waals surface area contributed by atoms with Crippen LogP contribution < -0.4 is 0 Å². The van der Waals surface area contributed by atoms with Gasteiger partial charge in [0.1, 0.15) is 5.76 Å². The molecule has 0 spiro atoms. The van der Waals surface area contributed by atoms with Crippen molar-refractivity contribution >= 4 is 0 Å². The molecule has 0 aliphatic heterocycles. The largest absolute Gasteiger partial charge is 0.491 e. The van der Waals surface area contributed by atoms with Gasteiger partial charge in [-0.25, -0.2) is 0 Å². The lowest BCUT2D eigenvalue weighted by molar-refractivity contribution is 0.105. The standard InChI is InChI=1S/C12H23NO.C10H12.C3H8/c1-6-11(7-2)14-12(8-3)9-10-13(4)5;1-8-6-7-9-4-2-3-5-10(8)9;1-3-2/h6-7,12H,1,8-10H2,2-5H3;2-5,8H,6-7H2,1H3;3H2,1-2H3/b11-7+;;. The first kappa shape index (κ1) is 25.5. The number of benzene rings is 1. The van der Waals surface area contributed by atoms with Gasteiger partial charge < -0.3 is 9.64 Å². The third kappa shape index (κ3) is 11.0. The molecule has 2 atom stereocenters. The van der Waals surface area contributed by atoms with Crippen LogP contribution in [0.15, 0.2) is 48.8 Å². The van der Waals surface area contributed by atoms with E-state index in [1.165, 1.54) is 19.3 Å². The Labute approximate surface area is 169 Å². The van der Waals surface area contributed by atoms with Crippen LogP contribution in [-0.2, 0) is 11.2 Å². The Kier molecular flexibility index (Phi) is 14.6. The maximum Gasteiger partial charge on any atom is 0.114 e. The molecule has 0 aromatic heterocycles. The number of fused-ring (bicyclic) bond motifs is 1. The van der Waals surface area contributed by atoms with E-state index < -0.39 is 0 Å². The summed E-state index contributed by atoms with van der Waals surface area (Å²) in [4.78, 5) is 2.18. The van der Waals surface area contributed by atoms with Crippen molar-refractivity contribution in [2.75, 3.05) is 20.6 Å². The van der Waals surface area contributed by atoms with E-state index in [9.17, 15) is 0 Å². The third-order valence-corrected chi connectivity index (χ3v) is 4.57. The van der Waals surface area contributed by atoms with Gasteiger partial charge in [0.2, 0.25) is 0 Å². The minimum atomic E-state index is 0.307. The summed E-state index contributed by atoms with van der Waals surface area (Å²) >= 11 is 0. The Bertz CT molecular complexity index is 533. The van der Waals surface area contributed by atoms with Crippen molar-refractivity contribution in [2.24, 2.45) is 0 Å². The first-order valence-electron chi connectivity index (χ1n) is 10.6. The van der Waals surface area contributed by atoms with E-state index >= 15 is 0 Å². The molecule has 0 bridgehead atoms. The molecule has 1 aliphatic carbocycles. The molecule has 2 rings (SSSR count). The van der Waals surface area contributed by atoms with Crippen LogP contribution in [0.25, 0.3) is 0 Å². The number of aryl methyl sites for hydroxylation is 1. The molecular formula is C25H43NO. The van der Waals surface area contributed by atoms with E-state index in [0.29, 0.717) is 6.10 Å². The smallest absolute Gasteiger partial charge is 0.114 e. The van der Waals surface area contributed by atoms with Crippen LogP contribution in [0.3, 0.4) is 0 Å². The zero-order chi connectivity index (χ0) is 20.7. The summed E-state index contributed by atoms with van der Waals surface area (Å²) in [6, 6.07) is 8.78. The third-order valence-electron chi connectivity index (χ3n) is 4.57. The molecule has 27 heavy (non-hydrogen) atoms. The average molecular weight is 374 g/mol. The Morgan fingerprint density at radius 3 is 2.37 bits per heavy atom. The Morgan fingerprint density at radius 1 is 1.26 bits per heavy atom. The fourth-order valence-corrected chi connectivity index (χ4v) is 2.95. The van der Waals surface area contributed by atoms with E-state index in [1.54, 1.807) is 17.2 Å². The van der Waals surface area contributed by atoms with E-state index in [1.807, 2.05) is 13.0 Å². The molecule has 0 N–H and O–H groups in total.